The molecule has 4 rings (SSSR count). The fourth-order valence-corrected chi connectivity index (χ4v) is 4.29. The minimum atomic E-state index is -0.261. The highest BCUT2D eigenvalue weighted by molar-refractivity contribution is 8.18. The first-order valence-corrected chi connectivity index (χ1v) is 10.4. The normalized spacial score (nSPS) is 15.3. The van der Waals surface area contributed by atoms with Crippen molar-refractivity contribution in [1.29, 1.82) is 0 Å². The van der Waals surface area contributed by atoms with Gasteiger partial charge < -0.3 is 9.47 Å². The highest BCUT2D eigenvalue weighted by atomic mass is 32.2. The molecule has 1 saturated heterocycles. The van der Waals surface area contributed by atoms with Gasteiger partial charge in [0, 0.05) is 6.54 Å². The van der Waals surface area contributed by atoms with Crippen LogP contribution < -0.4 is 9.47 Å². The number of carbonyl (C=O) groups excluding carboxylic acids is 2. The fraction of sp³-hybridized carbons (Fsp3) is 0.167. The SMILES string of the molecule is CCN1C(=O)S/C(=C\c2ccc(OCc3cccc4ccccc34)c(OC)c2)C1=O. The third-order valence-electron chi connectivity index (χ3n) is 4.94. The van der Waals surface area contributed by atoms with Crippen LogP contribution in [0.4, 0.5) is 4.79 Å². The number of carbonyl (C=O) groups is 2. The van der Waals surface area contributed by atoms with Crippen molar-refractivity contribution in [3.8, 4) is 11.5 Å². The van der Waals surface area contributed by atoms with Crippen LogP contribution in [0.15, 0.2) is 65.6 Å². The Kier molecular flexibility index (Phi) is 5.77. The van der Waals surface area contributed by atoms with Gasteiger partial charge in [-0.25, -0.2) is 0 Å². The number of amides is 2. The molecule has 0 N–H and O–H groups in total. The number of fused-ring (bicyclic) bond motifs is 1. The van der Waals surface area contributed by atoms with E-state index in [1.54, 1.807) is 26.2 Å². The van der Waals surface area contributed by atoms with Crippen LogP contribution in [0.5, 0.6) is 11.5 Å². The number of imide groups is 1. The summed E-state index contributed by atoms with van der Waals surface area (Å²) in [5.41, 5.74) is 1.86. The molecule has 5 nitrogen and oxygen atoms in total. The molecule has 0 unspecified atom stereocenters. The smallest absolute Gasteiger partial charge is 0.293 e. The van der Waals surface area contributed by atoms with Crippen molar-refractivity contribution >= 4 is 39.8 Å². The topological polar surface area (TPSA) is 55.8 Å². The van der Waals surface area contributed by atoms with Gasteiger partial charge >= 0.3 is 0 Å². The van der Waals surface area contributed by atoms with Gasteiger partial charge in [0.1, 0.15) is 6.61 Å². The van der Waals surface area contributed by atoms with Crippen molar-refractivity contribution in [1.82, 2.24) is 4.90 Å². The summed E-state index contributed by atoms with van der Waals surface area (Å²) in [5.74, 6) is 0.922. The highest BCUT2D eigenvalue weighted by Crippen LogP contribution is 2.34. The lowest BCUT2D eigenvalue weighted by atomic mass is 10.1. The highest BCUT2D eigenvalue weighted by Gasteiger charge is 2.33. The van der Waals surface area contributed by atoms with Crippen LogP contribution in [0.2, 0.25) is 0 Å². The van der Waals surface area contributed by atoms with Gasteiger partial charge in [-0.1, -0.05) is 48.5 Å². The molecule has 3 aromatic carbocycles. The Morgan fingerprint density at radius 2 is 1.80 bits per heavy atom. The molecule has 1 heterocycles. The molecule has 1 fully saturated rings. The largest absolute Gasteiger partial charge is 0.493 e. The van der Waals surface area contributed by atoms with Crippen molar-refractivity contribution in [3.05, 3.63) is 76.7 Å². The number of hydrogen-bond donors (Lipinski definition) is 0. The monoisotopic (exact) mass is 419 g/mol. The summed E-state index contributed by atoms with van der Waals surface area (Å²) < 4.78 is 11.5. The molecule has 0 radical (unpaired) electrons. The van der Waals surface area contributed by atoms with E-state index in [2.05, 4.69) is 18.2 Å². The number of rotatable bonds is 6. The summed E-state index contributed by atoms with van der Waals surface area (Å²) in [4.78, 5) is 25.8. The van der Waals surface area contributed by atoms with Crippen molar-refractivity contribution < 1.29 is 19.1 Å². The predicted octanol–water partition coefficient (Wildman–Crippen LogP) is 5.48. The van der Waals surface area contributed by atoms with Crippen LogP contribution >= 0.6 is 11.8 Å². The van der Waals surface area contributed by atoms with E-state index in [1.807, 2.05) is 36.4 Å². The van der Waals surface area contributed by atoms with Crippen LogP contribution in [-0.2, 0) is 11.4 Å². The second kappa shape index (κ2) is 8.63. The maximum Gasteiger partial charge on any atom is 0.293 e. The quantitative estimate of drug-likeness (QED) is 0.495. The molecular formula is C24H21NO4S. The Bertz CT molecular complexity index is 1150. The van der Waals surface area contributed by atoms with Gasteiger partial charge in [0.25, 0.3) is 11.1 Å². The lowest BCUT2D eigenvalue weighted by Crippen LogP contribution is -2.27. The van der Waals surface area contributed by atoms with E-state index < -0.39 is 0 Å². The number of likely N-dealkylation sites (N-methyl/N-ethyl adjacent to an activating group) is 1. The zero-order valence-corrected chi connectivity index (χ0v) is 17.6. The third-order valence-corrected chi connectivity index (χ3v) is 5.85. The van der Waals surface area contributed by atoms with Crippen LogP contribution in [0.1, 0.15) is 18.1 Å². The van der Waals surface area contributed by atoms with E-state index in [1.165, 1.54) is 10.3 Å². The number of benzene rings is 3. The van der Waals surface area contributed by atoms with E-state index >= 15 is 0 Å². The first-order chi connectivity index (χ1) is 14.6. The van der Waals surface area contributed by atoms with Gasteiger partial charge in [-0.3, -0.25) is 14.5 Å². The molecule has 0 bridgehead atoms. The standard InChI is InChI=1S/C24H21NO4S/c1-3-25-23(26)22(30-24(25)27)14-16-11-12-20(21(13-16)28-2)29-15-18-9-6-8-17-7-4-5-10-19(17)18/h4-14H,3,15H2,1-2H3/b22-14-. The molecule has 2 amide bonds. The molecule has 152 valence electrons. The Labute approximate surface area is 179 Å². The van der Waals surface area contributed by atoms with Crippen molar-refractivity contribution in [2.45, 2.75) is 13.5 Å². The summed E-state index contributed by atoms with van der Waals surface area (Å²) >= 11 is 0.954. The summed E-state index contributed by atoms with van der Waals surface area (Å²) in [6, 6.07) is 19.8. The maximum absolute atomic E-state index is 12.3. The van der Waals surface area contributed by atoms with Crippen molar-refractivity contribution in [3.63, 3.8) is 0 Å². The molecule has 6 heteroatoms. The van der Waals surface area contributed by atoms with Crippen molar-refractivity contribution in [2.75, 3.05) is 13.7 Å². The van der Waals surface area contributed by atoms with E-state index in [9.17, 15) is 9.59 Å². The molecule has 30 heavy (non-hydrogen) atoms. The van der Waals surface area contributed by atoms with Gasteiger partial charge in [0.05, 0.1) is 12.0 Å². The van der Waals surface area contributed by atoms with Gasteiger partial charge in [0.15, 0.2) is 11.5 Å². The molecule has 0 atom stereocenters. The molecule has 0 aliphatic carbocycles. The fourth-order valence-electron chi connectivity index (χ4n) is 3.39. The Morgan fingerprint density at radius 1 is 1.00 bits per heavy atom. The summed E-state index contributed by atoms with van der Waals surface area (Å²) in [7, 11) is 1.58. The summed E-state index contributed by atoms with van der Waals surface area (Å²) in [5, 5.41) is 2.08. The first kappa shape index (κ1) is 20.0. The maximum atomic E-state index is 12.3. The molecule has 0 saturated carbocycles. The van der Waals surface area contributed by atoms with Gasteiger partial charge in [-0.2, -0.15) is 0 Å². The van der Waals surface area contributed by atoms with E-state index in [4.69, 9.17) is 9.47 Å². The second-order valence-electron chi connectivity index (χ2n) is 6.76. The Hall–Kier alpha value is -3.25. The predicted molar refractivity (Wildman–Crippen MR) is 120 cm³/mol. The third kappa shape index (κ3) is 3.91. The van der Waals surface area contributed by atoms with Gasteiger partial charge in [-0.05, 0) is 58.8 Å². The van der Waals surface area contributed by atoms with E-state index in [0.29, 0.717) is 29.6 Å². The molecule has 1 aliphatic rings. The van der Waals surface area contributed by atoms with Crippen LogP contribution in [0.25, 0.3) is 16.8 Å². The second-order valence-corrected chi connectivity index (χ2v) is 7.76. The number of hydrogen-bond acceptors (Lipinski definition) is 5. The molecular weight excluding hydrogens is 398 g/mol. The minimum Gasteiger partial charge on any atom is -0.493 e. The van der Waals surface area contributed by atoms with Gasteiger partial charge in [0.2, 0.25) is 0 Å². The van der Waals surface area contributed by atoms with E-state index in [-0.39, 0.29) is 11.1 Å². The summed E-state index contributed by atoms with van der Waals surface area (Å²) in [6.07, 6.45) is 1.71. The average Bonchev–Trinajstić information content (AvgIpc) is 3.04. The van der Waals surface area contributed by atoms with Gasteiger partial charge in [-0.15, -0.1) is 0 Å². The van der Waals surface area contributed by atoms with Crippen LogP contribution in [-0.4, -0.2) is 29.7 Å². The lowest BCUT2D eigenvalue weighted by molar-refractivity contribution is -0.122. The molecule has 0 aromatic heterocycles. The number of nitrogens with zero attached hydrogens (tertiary/aromatic N) is 1. The first-order valence-electron chi connectivity index (χ1n) is 9.63. The van der Waals surface area contributed by atoms with Crippen LogP contribution in [0.3, 0.4) is 0 Å². The average molecular weight is 420 g/mol. The molecule has 0 spiro atoms. The zero-order chi connectivity index (χ0) is 21.1. The van der Waals surface area contributed by atoms with Crippen LogP contribution in [0, 0.1) is 0 Å². The summed E-state index contributed by atoms with van der Waals surface area (Å²) in [6.45, 7) is 2.56. The molecule has 3 aromatic rings. The lowest BCUT2D eigenvalue weighted by Gasteiger charge is -2.13. The number of thioether (sulfide) groups is 1. The number of ether oxygens (including phenoxy) is 2. The molecule has 1 aliphatic heterocycles. The number of methoxy groups -OCH3 is 1. The van der Waals surface area contributed by atoms with E-state index in [0.717, 1.165) is 28.3 Å². The Morgan fingerprint density at radius 3 is 2.57 bits per heavy atom. The zero-order valence-electron chi connectivity index (χ0n) is 16.8. The minimum absolute atomic E-state index is 0.240. The Balaban J connectivity index is 1.55. The van der Waals surface area contributed by atoms with Crippen molar-refractivity contribution in [2.24, 2.45) is 0 Å².